The fraction of sp³-hybridized carbons (Fsp3) is 0.611. The van der Waals surface area contributed by atoms with Gasteiger partial charge in [0.1, 0.15) is 5.75 Å². The minimum absolute atomic E-state index is 0.0734. The first-order chi connectivity index (χ1) is 11.8. The number of ether oxygens (including phenoxy) is 2. The van der Waals surface area contributed by atoms with Gasteiger partial charge in [-0.1, -0.05) is 18.2 Å². The molecule has 1 aromatic carbocycles. The Bertz CT molecular complexity index is 602. The van der Waals surface area contributed by atoms with Gasteiger partial charge in [0, 0.05) is 31.1 Å². The quantitative estimate of drug-likeness (QED) is 0.832. The Morgan fingerprint density at radius 3 is 3.00 bits per heavy atom. The number of hydrogen-bond donors (Lipinski definition) is 0. The number of para-hydroxylation sites is 1. The molecule has 3 aliphatic heterocycles. The summed E-state index contributed by atoms with van der Waals surface area (Å²) in [5.41, 5.74) is 1.17. The van der Waals surface area contributed by atoms with Crippen LogP contribution in [0, 0.1) is 11.8 Å². The summed E-state index contributed by atoms with van der Waals surface area (Å²) < 4.78 is 11.4. The monoisotopic (exact) mass is 332 g/mol. The van der Waals surface area contributed by atoms with Gasteiger partial charge in [-0.3, -0.25) is 14.5 Å². The van der Waals surface area contributed by atoms with E-state index in [1.807, 2.05) is 18.2 Å². The lowest BCUT2D eigenvalue weighted by atomic mass is 9.92. The highest BCUT2D eigenvalue weighted by Gasteiger charge is 2.48. The van der Waals surface area contributed by atoms with E-state index in [4.69, 9.17) is 14.3 Å². The first kappa shape index (κ1) is 15.9. The lowest BCUT2D eigenvalue weighted by molar-refractivity contribution is -0.174. The third-order valence-corrected chi connectivity index (χ3v) is 5.29. The predicted molar refractivity (Wildman–Crippen MR) is 87.3 cm³/mol. The van der Waals surface area contributed by atoms with Crippen molar-refractivity contribution < 1.29 is 19.1 Å². The fourth-order valence-corrected chi connectivity index (χ4v) is 4.06. The van der Waals surface area contributed by atoms with Crippen molar-refractivity contribution >= 4 is 5.91 Å². The number of carbonyl (C=O) groups excluding carboxylic acids is 1. The molecular formula is C18H24N2O4. The van der Waals surface area contributed by atoms with Crippen LogP contribution in [0.3, 0.4) is 0 Å². The van der Waals surface area contributed by atoms with Crippen LogP contribution in [0.15, 0.2) is 24.3 Å². The van der Waals surface area contributed by atoms with Crippen molar-refractivity contribution in [3.8, 4) is 5.75 Å². The summed E-state index contributed by atoms with van der Waals surface area (Å²) >= 11 is 0. The summed E-state index contributed by atoms with van der Waals surface area (Å²) in [7, 11) is 1.70. The van der Waals surface area contributed by atoms with Crippen molar-refractivity contribution in [2.24, 2.45) is 11.8 Å². The van der Waals surface area contributed by atoms with Crippen LogP contribution in [-0.2, 0) is 20.9 Å². The first-order valence-electron chi connectivity index (χ1n) is 8.66. The number of carbonyl (C=O) groups is 1. The first-order valence-corrected chi connectivity index (χ1v) is 8.66. The van der Waals surface area contributed by atoms with Crippen LogP contribution < -0.4 is 4.74 Å². The largest absolute Gasteiger partial charge is 0.496 e. The van der Waals surface area contributed by atoms with E-state index >= 15 is 0 Å². The van der Waals surface area contributed by atoms with Crippen molar-refractivity contribution in [3.05, 3.63) is 29.8 Å². The molecule has 130 valence electrons. The van der Waals surface area contributed by atoms with Crippen LogP contribution in [0.1, 0.15) is 12.0 Å². The molecule has 3 heterocycles. The van der Waals surface area contributed by atoms with Crippen molar-refractivity contribution in [2.45, 2.75) is 19.1 Å². The standard InChI is InChI=1S/C18H24N2O4/c1-22-16-6-3-2-5-13(16)9-19-10-14-15(12-23-17(14)11-19)18(21)20-7-4-8-24-20/h2-3,5-6,14-15,17H,4,7-12H2,1H3/t14-,15+,17-/m1/s1. The number of likely N-dealkylation sites (tertiary alicyclic amines) is 1. The maximum absolute atomic E-state index is 12.6. The third-order valence-electron chi connectivity index (χ3n) is 5.29. The molecule has 3 atom stereocenters. The molecule has 1 aromatic rings. The van der Waals surface area contributed by atoms with Gasteiger partial charge >= 0.3 is 0 Å². The van der Waals surface area contributed by atoms with E-state index in [2.05, 4.69) is 11.0 Å². The molecule has 0 aromatic heterocycles. The molecule has 0 saturated carbocycles. The fourth-order valence-electron chi connectivity index (χ4n) is 4.06. The SMILES string of the molecule is COc1ccccc1CN1C[C@@H]2[C@@H](C(=O)N3CCCO3)CO[C@@H]2C1. The average Bonchev–Trinajstić information content (AvgIpc) is 3.31. The molecule has 1 amide bonds. The second kappa shape index (κ2) is 6.70. The molecule has 0 N–H and O–H groups in total. The van der Waals surface area contributed by atoms with Gasteiger partial charge in [0.15, 0.2) is 0 Å². The van der Waals surface area contributed by atoms with Gasteiger partial charge in [0.25, 0.3) is 5.91 Å². The van der Waals surface area contributed by atoms with Crippen LogP contribution >= 0.6 is 0 Å². The molecule has 0 unspecified atom stereocenters. The maximum Gasteiger partial charge on any atom is 0.251 e. The van der Waals surface area contributed by atoms with Crippen LogP contribution in [0.2, 0.25) is 0 Å². The summed E-state index contributed by atoms with van der Waals surface area (Å²) in [6.07, 6.45) is 1.07. The van der Waals surface area contributed by atoms with Gasteiger partial charge in [-0.05, 0) is 12.5 Å². The van der Waals surface area contributed by atoms with E-state index in [9.17, 15) is 4.79 Å². The molecular weight excluding hydrogens is 308 g/mol. The lowest BCUT2D eigenvalue weighted by Crippen LogP contribution is -2.38. The van der Waals surface area contributed by atoms with Crippen LogP contribution in [0.5, 0.6) is 5.75 Å². The van der Waals surface area contributed by atoms with Gasteiger partial charge in [-0.2, -0.15) is 0 Å². The molecule has 0 aliphatic carbocycles. The zero-order valence-corrected chi connectivity index (χ0v) is 14.0. The summed E-state index contributed by atoms with van der Waals surface area (Å²) in [5, 5.41) is 1.54. The summed E-state index contributed by atoms with van der Waals surface area (Å²) in [6.45, 7) is 4.45. The Kier molecular flexibility index (Phi) is 4.43. The number of benzene rings is 1. The van der Waals surface area contributed by atoms with E-state index in [0.717, 1.165) is 31.8 Å². The average molecular weight is 332 g/mol. The van der Waals surface area contributed by atoms with Gasteiger partial charge in [0.2, 0.25) is 0 Å². The molecule has 0 spiro atoms. The number of nitrogens with zero attached hydrogens (tertiary/aromatic N) is 2. The molecule has 3 aliphatic rings. The van der Waals surface area contributed by atoms with Gasteiger partial charge in [0.05, 0.1) is 38.9 Å². The Hall–Kier alpha value is -1.63. The number of hydrogen-bond acceptors (Lipinski definition) is 5. The topological polar surface area (TPSA) is 51.2 Å². The van der Waals surface area contributed by atoms with Crippen molar-refractivity contribution in [1.29, 1.82) is 0 Å². The van der Waals surface area contributed by atoms with Crippen LogP contribution in [0.25, 0.3) is 0 Å². The summed E-state index contributed by atoms with van der Waals surface area (Å²) in [5.74, 6) is 1.19. The Labute approximate surface area is 142 Å². The number of rotatable bonds is 4. The second-order valence-electron chi connectivity index (χ2n) is 6.78. The van der Waals surface area contributed by atoms with E-state index in [1.54, 1.807) is 12.2 Å². The third kappa shape index (κ3) is 2.90. The van der Waals surface area contributed by atoms with E-state index in [1.165, 1.54) is 5.56 Å². The minimum atomic E-state index is -0.0734. The number of amides is 1. The minimum Gasteiger partial charge on any atom is -0.496 e. The van der Waals surface area contributed by atoms with Crippen LogP contribution in [0.4, 0.5) is 0 Å². The molecule has 0 bridgehead atoms. The molecule has 3 saturated heterocycles. The van der Waals surface area contributed by atoms with Crippen LogP contribution in [-0.4, -0.2) is 61.9 Å². The Morgan fingerprint density at radius 1 is 1.33 bits per heavy atom. The van der Waals surface area contributed by atoms with E-state index in [0.29, 0.717) is 19.8 Å². The van der Waals surface area contributed by atoms with Crippen molar-refractivity contribution in [1.82, 2.24) is 9.96 Å². The van der Waals surface area contributed by atoms with Gasteiger partial charge < -0.3 is 9.47 Å². The molecule has 3 fully saturated rings. The lowest BCUT2D eigenvalue weighted by Gasteiger charge is -2.23. The Morgan fingerprint density at radius 2 is 2.21 bits per heavy atom. The zero-order chi connectivity index (χ0) is 16.5. The van der Waals surface area contributed by atoms with Crippen molar-refractivity contribution in [2.75, 3.05) is 40.0 Å². The molecule has 6 heteroatoms. The highest BCUT2D eigenvalue weighted by atomic mass is 16.7. The molecule has 4 rings (SSSR count). The summed E-state index contributed by atoms with van der Waals surface area (Å²) in [4.78, 5) is 20.4. The number of fused-ring (bicyclic) bond motifs is 1. The normalized spacial score (nSPS) is 29.9. The van der Waals surface area contributed by atoms with Gasteiger partial charge in [-0.25, -0.2) is 5.06 Å². The van der Waals surface area contributed by atoms with E-state index in [-0.39, 0.29) is 23.8 Å². The second-order valence-corrected chi connectivity index (χ2v) is 6.78. The number of hydroxylamine groups is 2. The molecule has 6 nitrogen and oxygen atoms in total. The smallest absolute Gasteiger partial charge is 0.251 e. The van der Waals surface area contributed by atoms with E-state index < -0.39 is 0 Å². The van der Waals surface area contributed by atoms with Gasteiger partial charge in [-0.15, -0.1) is 0 Å². The predicted octanol–water partition coefficient (Wildman–Crippen LogP) is 1.31. The highest BCUT2D eigenvalue weighted by molar-refractivity contribution is 5.79. The summed E-state index contributed by atoms with van der Waals surface area (Å²) in [6, 6.07) is 8.09. The maximum atomic E-state index is 12.6. The molecule has 24 heavy (non-hydrogen) atoms. The van der Waals surface area contributed by atoms with Crippen molar-refractivity contribution in [3.63, 3.8) is 0 Å². The Balaban J connectivity index is 1.41. The highest BCUT2D eigenvalue weighted by Crippen LogP contribution is 2.36. The number of methoxy groups -OCH3 is 1. The molecule has 0 radical (unpaired) electrons. The zero-order valence-electron chi connectivity index (χ0n) is 14.0.